The number of rotatable bonds is 11. The van der Waals surface area contributed by atoms with E-state index >= 15 is 0 Å². The third kappa shape index (κ3) is 6.70. The van der Waals surface area contributed by atoms with Crippen molar-refractivity contribution in [3.05, 3.63) is 78.4 Å². The Morgan fingerprint density at radius 1 is 1.12 bits per heavy atom. The van der Waals surface area contributed by atoms with Crippen molar-refractivity contribution in [2.24, 2.45) is 0 Å². The molecule has 2 aromatic carbocycles. The first kappa shape index (κ1) is 19.7. The van der Waals surface area contributed by atoms with Gasteiger partial charge in [-0.15, -0.1) is 0 Å². The summed E-state index contributed by atoms with van der Waals surface area (Å²) < 4.78 is 16.0. The molecule has 5 heteroatoms. The van der Waals surface area contributed by atoms with Crippen LogP contribution in [0, 0.1) is 0 Å². The van der Waals surface area contributed by atoms with Gasteiger partial charge in [-0.1, -0.05) is 55.1 Å². The predicted molar refractivity (Wildman–Crippen MR) is 101 cm³/mol. The lowest BCUT2D eigenvalue weighted by Gasteiger charge is -2.18. The van der Waals surface area contributed by atoms with Crippen molar-refractivity contribution in [3.8, 4) is 5.75 Å². The Hall–Kier alpha value is -2.63. The van der Waals surface area contributed by atoms with Gasteiger partial charge in [-0.05, 0) is 23.3 Å². The number of carbonyl (C=O) groups is 1. The van der Waals surface area contributed by atoms with Crippen molar-refractivity contribution in [2.45, 2.75) is 19.2 Å². The summed E-state index contributed by atoms with van der Waals surface area (Å²) in [5.41, 5.74) is 2.09. The lowest BCUT2D eigenvalue weighted by molar-refractivity contribution is -0.146. The molecule has 2 rings (SSSR count). The first-order valence-corrected chi connectivity index (χ1v) is 8.48. The molecule has 2 aromatic rings. The van der Waals surface area contributed by atoms with Crippen LogP contribution in [-0.2, 0) is 27.4 Å². The van der Waals surface area contributed by atoms with Crippen LogP contribution in [0.3, 0.4) is 0 Å². The number of ether oxygens (including phenoxy) is 3. The topological polar surface area (TPSA) is 56.8 Å². The third-order valence-corrected chi connectivity index (χ3v) is 3.74. The predicted octanol–water partition coefficient (Wildman–Crippen LogP) is 3.10. The number of nitrogens with one attached hydrogen (secondary N) is 1. The lowest BCUT2D eigenvalue weighted by Crippen LogP contribution is -2.41. The Morgan fingerprint density at radius 2 is 1.85 bits per heavy atom. The van der Waals surface area contributed by atoms with Crippen molar-refractivity contribution in [1.82, 2.24) is 5.32 Å². The highest BCUT2D eigenvalue weighted by atomic mass is 16.5. The maximum Gasteiger partial charge on any atom is 0.325 e. The van der Waals surface area contributed by atoms with Gasteiger partial charge in [0.2, 0.25) is 0 Å². The molecular formula is C21H25NO4. The van der Waals surface area contributed by atoms with E-state index in [-0.39, 0.29) is 19.2 Å². The van der Waals surface area contributed by atoms with Crippen LogP contribution in [0.25, 0.3) is 0 Å². The molecule has 0 fully saturated rings. The normalized spacial score (nSPS) is 11.6. The SMILES string of the molecule is C=CCOC(=O)C(COCc1ccccc1)NCc1ccc(OC)cc1. The van der Waals surface area contributed by atoms with Crippen molar-refractivity contribution in [3.63, 3.8) is 0 Å². The van der Waals surface area contributed by atoms with Gasteiger partial charge in [0.1, 0.15) is 18.4 Å². The molecule has 0 radical (unpaired) electrons. The molecule has 0 amide bonds. The second-order valence-electron chi connectivity index (χ2n) is 5.70. The Bertz CT molecular complexity index is 670. The highest BCUT2D eigenvalue weighted by Crippen LogP contribution is 2.11. The van der Waals surface area contributed by atoms with Crippen molar-refractivity contribution in [1.29, 1.82) is 0 Å². The Kier molecular flexibility index (Phi) is 8.39. The van der Waals surface area contributed by atoms with E-state index in [1.54, 1.807) is 13.2 Å². The smallest absolute Gasteiger partial charge is 0.325 e. The summed E-state index contributed by atoms with van der Waals surface area (Å²) in [4.78, 5) is 12.2. The van der Waals surface area contributed by atoms with Crippen molar-refractivity contribution in [2.75, 3.05) is 20.3 Å². The van der Waals surface area contributed by atoms with Crippen LogP contribution >= 0.6 is 0 Å². The second kappa shape index (κ2) is 11.1. The van der Waals surface area contributed by atoms with Crippen LogP contribution in [0.5, 0.6) is 5.75 Å². The number of benzene rings is 2. The summed E-state index contributed by atoms with van der Waals surface area (Å²) in [5.74, 6) is 0.438. The molecule has 0 aliphatic rings. The van der Waals surface area contributed by atoms with Gasteiger partial charge in [-0.25, -0.2) is 0 Å². The van der Waals surface area contributed by atoms with Crippen molar-refractivity contribution >= 4 is 5.97 Å². The highest BCUT2D eigenvalue weighted by Gasteiger charge is 2.19. The minimum atomic E-state index is -0.555. The maximum atomic E-state index is 12.2. The standard InChI is InChI=1S/C21H25NO4/c1-3-13-26-21(23)20(16-25-15-18-7-5-4-6-8-18)22-14-17-9-11-19(24-2)12-10-17/h3-12,20,22H,1,13-16H2,2H3. The molecular weight excluding hydrogens is 330 g/mol. The Morgan fingerprint density at radius 3 is 2.50 bits per heavy atom. The van der Waals surface area contributed by atoms with Crippen molar-refractivity contribution < 1.29 is 19.0 Å². The molecule has 1 atom stereocenters. The maximum absolute atomic E-state index is 12.2. The molecule has 0 saturated heterocycles. The molecule has 0 bridgehead atoms. The summed E-state index contributed by atoms with van der Waals surface area (Å²) in [5, 5.41) is 3.19. The van der Waals surface area contributed by atoms with Gasteiger partial charge in [-0.3, -0.25) is 10.1 Å². The van der Waals surface area contributed by atoms with E-state index in [0.29, 0.717) is 13.2 Å². The average Bonchev–Trinajstić information content (AvgIpc) is 2.69. The molecule has 0 saturated carbocycles. The van der Waals surface area contributed by atoms with Crippen LogP contribution in [0.1, 0.15) is 11.1 Å². The fraction of sp³-hybridized carbons (Fsp3) is 0.286. The molecule has 1 N–H and O–H groups in total. The van der Waals surface area contributed by atoms with Crippen LogP contribution in [0.2, 0.25) is 0 Å². The van der Waals surface area contributed by atoms with Crippen LogP contribution in [0.15, 0.2) is 67.3 Å². The summed E-state index contributed by atoms with van der Waals surface area (Å²) >= 11 is 0. The number of esters is 1. The van der Waals surface area contributed by atoms with Gasteiger partial charge in [-0.2, -0.15) is 0 Å². The fourth-order valence-corrected chi connectivity index (χ4v) is 2.31. The molecule has 0 aromatic heterocycles. The molecule has 138 valence electrons. The molecule has 26 heavy (non-hydrogen) atoms. The number of methoxy groups -OCH3 is 1. The van der Waals surface area contributed by atoms with Gasteiger partial charge < -0.3 is 14.2 Å². The van der Waals surface area contributed by atoms with Crippen LogP contribution in [-0.4, -0.2) is 32.3 Å². The summed E-state index contributed by atoms with van der Waals surface area (Å²) in [7, 11) is 1.63. The lowest BCUT2D eigenvalue weighted by atomic mass is 10.2. The molecule has 0 aliphatic carbocycles. The Balaban J connectivity index is 1.89. The van der Waals surface area contributed by atoms with Crippen LogP contribution in [0.4, 0.5) is 0 Å². The largest absolute Gasteiger partial charge is 0.497 e. The minimum absolute atomic E-state index is 0.179. The van der Waals surface area contributed by atoms with E-state index in [4.69, 9.17) is 14.2 Å². The zero-order valence-electron chi connectivity index (χ0n) is 15.0. The van der Waals surface area contributed by atoms with E-state index in [9.17, 15) is 4.79 Å². The number of hydrogen-bond acceptors (Lipinski definition) is 5. The number of hydrogen-bond donors (Lipinski definition) is 1. The van der Waals surface area contributed by atoms with E-state index in [1.165, 1.54) is 0 Å². The van der Waals surface area contributed by atoms with E-state index in [2.05, 4.69) is 11.9 Å². The van der Waals surface area contributed by atoms with Gasteiger partial charge in [0.25, 0.3) is 0 Å². The summed E-state index contributed by atoms with van der Waals surface area (Å²) in [6.45, 7) is 4.93. The molecule has 1 unspecified atom stereocenters. The van der Waals surface area contributed by atoms with Gasteiger partial charge in [0, 0.05) is 6.54 Å². The first-order valence-electron chi connectivity index (χ1n) is 8.48. The monoisotopic (exact) mass is 355 g/mol. The van der Waals surface area contributed by atoms with E-state index in [1.807, 2.05) is 54.6 Å². The average molecular weight is 355 g/mol. The van der Waals surface area contributed by atoms with Gasteiger partial charge in [0.15, 0.2) is 0 Å². The number of carbonyl (C=O) groups excluding carboxylic acids is 1. The molecule has 0 heterocycles. The van der Waals surface area contributed by atoms with Gasteiger partial charge in [0.05, 0.1) is 20.3 Å². The second-order valence-corrected chi connectivity index (χ2v) is 5.70. The van der Waals surface area contributed by atoms with Crippen LogP contribution < -0.4 is 10.1 Å². The highest BCUT2D eigenvalue weighted by molar-refractivity contribution is 5.76. The fourth-order valence-electron chi connectivity index (χ4n) is 2.31. The summed E-state index contributed by atoms with van der Waals surface area (Å²) in [6.07, 6.45) is 1.54. The van der Waals surface area contributed by atoms with E-state index in [0.717, 1.165) is 16.9 Å². The van der Waals surface area contributed by atoms with Gasteiger partial charge >= 0.3 is 5.97 Å². The minimum Gasteiger partial charge on any atom is -0.497 e. The Labute approximate surface area is 154 Å². The molecule has 0 spiro atoms. The molecule has 5 nitrogen and oxygen atoms in total. The third-order valence-electron chi connectivity index (χ3n) is 3.74. The quantitative estimate of drug-likeness (QED) is 0.496. The first-order chi connectivity index (χ1) is 12.7. The molecule has 0 aliphatic heterocycles. The zero-order chi connectivity index (χ0) is 18.6. The van der Waals surface area contributed by atoms with E-state index < -0.39 is 6.04 Å². The zero-order valence-corrected chi connectivity index (χ0v) is 15.0. The summed E-state index contributed by atoms with van der Waals surface area (Å²) in [6, 6.07) is 16.9.